The number of hydrogen-bond acceptors (Lipinski definition) is 2. The number of nitrogens with one attached hydrogen (secondary N) is 2. The highest BCUT2D eigenvalue weighted by Crippen LogP contribution is 2.30. The molecule has 0 amide bonds. The van der Waals surface area contributed by atoms with Gasteiger partial charge in [0.2, 0.25) is 0 Å². The Morgan fingerprint density at radius 3 is 2.85 bits per heavy atom. The van der Waals surface area contributed by atoms with Crippen LogP contribution in [0.2, 0.25) is 5.15 Å². The fraction of sp³-hybridized carbons (Fsp3) is 0.400. The van der Waals surface area contributed by atoms with Gasteiger partial charge in [-0.05, 0) is 48.4 Å². The van der Waals surface area contributed by atoms with E-state index in [-0.39, 0.29) is 24.0 Å². The Labute approximate surface area is 177 Å². The smallest absolute Gasteiger partial charge is 0.191 e. The van der Waals surface area contributed by atoms with Crippen molar-refractivity contribution in [2.45, 2.75) is 31.6 Å². The molecule has 0 fully saturated rings. The summed E-state index contributed by atoms with van der Waals surface area (Å²) in [5, 5.41) is 7.38. The molecule has 1 atom stereocenters. The first-order valence-electron chi connectivity index (χ1n) is 8.89. The summed E-state index contributed by atoms with van der Waals surface area (Å²) in [4.78, 5) is 8.44. The summed E-state index contributed by atoms with van der Waals surface area (Å²) in [5.41, 5.74) is 4.15. The van der Waals surface area contributed by atoms with Gasteiger partial charge in [0.15, 0.2) is 5.96 Å². The van der Waals surface area contributed by atoms with Gasteiger partial charge in [0.1, 0.15) is 5.15 Å². The van der Waals surface area contributed by atoms with Gasteiger partial charge < -0.3 is 10.6 Å². The topological polar surface area (TPSA) is 49.3 Å². The monoisotopic (exact) mass is 484 g/mol. The molecule has 26 heavy (non-hydrogen) atoms. The molecule has 6 heteroatoms. The van der Waals surface area contributed by atoms with Gasteiger partial charge >= 0.3 is 0 Å². The molecule has 140 valence electrons. The number of fused-ring (bicyclic) bond motifs is 1. The van der Waals surface area contributed by atoms with Gasteiger partial charge in [-0.15, -0.1) is 24.0 Å². The molecule has 1 aliphatic carbocycles. The molecule has 1 aliphatic rings. The number of nitrogens with zero attached hydrogens (tertiary/aromatic N) is 2. The highest BCUT2D eigenvalue weighted by Gasteiger charge is 2.19. The Morgan fingerprint density at radius 1 is 1.23 bits per heavy atom. The van der Waals surface area contributed by atoms with Crippen molar-refractivity contribution in [2.75, 3.05) is 20.1 Å². The first-order chi connectivity index (χ1) is 12.3. The lowest BCUT2D eigenvalue weighted by Gasteiger charge is -2.26. The minimum Gasteiger partial charge on any atom is -0.356 e. The molecule has 1 aromatic heterocycles. The molecule has 1 unspecified atom stereocenters. The van der Waals surface area contributed by atoms with Crippen LogP contribution in [-0.2, 0) is 12.8 Å². The summed E-state index contributed by atoms with van der Waals surface area (Å²) >= 11 is 5.81. The number of hydrogen-bond donors (Lipinski definition) is 2. The van der Waals surface area contributed by atoms with Crippen LogP contribution in [0.4, 0.5) is 0 Å². The van der Waals surface area contributed by atoms with E-state index in [1.165, 1.54) is 30.4 Å². The molecule has 0 saturated heterocycles. The third kappa shape index (κ3) is 5.84. The van der Waals surface area contributed by atoms with Gasteiger partial charge in [-0.3, -0.25) is 4.99 Å². The number of pyridine rings is 1. The van der Waals surface area contributed by atoms with E-state index < -0.39 is 0 Å². The molecule has 3 rings (SSSR count). The third-order valence-electron chi connectivity index (χ3n) is 4.73. The van der Waals surface area contributed by atoms with Crippen molar-refractivity contribution >= 4 is 41.5 Å². The molecule has 0 bridgehead atoms. The summed E-state index contributed by atoms with van der Waals surface area (Å²) in [7, 11) is 1.81. The molecular formula is C20H26ClIN4. The summed E-state index contributed by atoms with van der Waals surface area (Å²) < 4.78 is 0. The highest BCUT2D eigenvalue weighted by atomic mass is 127. The molecule has 2 aromatic rings. The third-order valence-corrected chi connectivity index (χ3v) is 4.95. The van der Waals surface area contributed by atoms with Crippen molar-refractivity contribution in [3.63, 3.8) is 0 Å². The summed E-state index contributed by atoms with van der Waals surface area (Å²) in [6.07, 6.45) is 6.40. The van der Waals surface area contributed by atoms with Crippen molar-refractivity contribution in [1.29, 1.82) is 0 Å². The lowest BCUT2D eigenvalue weighted by atomic mass is 9.83. The molecule has 0 spiro atoms. The molecule has 4 nitrogen and oxygen atoms in total. The first-order valence-corrected chi connectivity index (χ1v) is 9.27. The number of aromatic nitrogens is 1. The Morgan fingerprint density at radius 2 is 2.08 bits per heavy atom. The predicted octanol–water partition coefficient (Wildman–Crippen LogP) is 4.18. The van der Waals surface area contributed by atoms with Crippen molar-refractivity contribution in [1.82, 2.24) is 15.6 Å². The van der Waals surface area contributed by atoms with Gasteiger partial charge in [-0.1, -0.05) is 41.9 Å². The number of halogens is 2. The van der Waals surface area contributed by atoms with Crippen LogP contribution >= 0.6 is 35.6 Å². The lowest BCUT2D eigenvalue weighted by Crippen LogP contribution is -2.40. The van der Waals surface area contributed by atoms with E-state index in [0.717, 1.165) is 31.0 Å². The fourth-order valence-corrected chi connectivity index (χ4v) is 3.50. The largest absolute Gasteiger partial charge is 0.356 e. The van der Waals surface area contributed by atoms with Gasteiger partial charge in [-0.25, -0.2) is 4.98 Å². The second-order valence-corrected chi connectivity index (χ2v) is 6.79. The number of guanidine groups is 1. The van der Waals surface area contributed by atoms with Crippen LogP contribution in [0, 0.1) is 0 Å². The van der Waals surface area contributed by atoms with E-state index >= 15 is 0 Å². The minimum absolute atomic E-state index is 0. The maximum Gasteiger partial charge on any atom is 0.191 e. The quantitative estimate of drug-likeness (QED) is 0.290. The van der Waals surface area contributed by atoms with Gasteiger partial charge in [0, 0.05) is 32.3 Å². The van der Waals surface area contributed by atoms with Crippen molar-refractivity contribution in [3.8, 4) is 0 Å². The van der Waals surface area contributed by atoms with E-state index in [2.05, 4.69) is 44.9 Å². The summed E-state index contributed by atoms with van der Waals surface area (Å²) in [6, 6.07) is 12.6. The fourth-order valence-electron chi connectivity index (χ4n) is 3.39. The summed E-state index contributed by atoms with van der Waals surface area (Å²) in [6.45, 7) is 1.73. The average Bonchev–Trinajstić information content (AvgIpc) is 2.66. The molecule has 0 aliphatic heterocycles. The Bertz CT molecular complexity index is 718. The number of rotatable bonds is 5. The first kappa shape index (κ1) is 21.0. The minimum atomic E-state index is 0. The Kier molecular flexibility index (Phi) is 8.65. The second kappa shape index (κ2) is 10.7. The van der Waals surface area contributed by atoms with E-state index in [1.807, 2.05) is 25.4 Å². The normalized spacial score (nSPS) is 16.4. The van der Waals surface area contributed by atoms with E-state index in [0.29, 0.717) is 11.1 Å². The van der Waals surface area contributed by atoms with Gasteiger partial charge in [0.25, 0.3) is 0 Å². The second-order valence-electron chi connectivity index (χ2n) is 6.41. The molecule has 1 heterocycles. The predicted molar refractivity (Wildman–Crippen MR) is 120 cm³/mol. The van der Waals surface area contributed by atoms with E-state index in [9.17, 15) is 0 Å². The molecule has 1 aromatic carbocycles. The lowest BCUT2D eigenvalue weighted by molar-refractivity contribution is 0.540. The van der Waals surface area contributed by atoms with Crippen molar-refractivity contribution in [2.24, 2.45) is 4.99 Å². The van der Waals surface area contributed by atoms with Crippen LogP contribution in [0.25, 0.3) is 0 Å². The maximum absolute atomic E-state index is 5.81. The molecular weight excluding hydrogens is 459 g/mol. The maximum atomic E-state index is 5.81. The van der Waals surface area contributed by atoms with E-state index in [4.69, 9.17) is 11.6 Å². The van der Waals surface area contributed by atoms with Crippen molar-refractivity contribution < 1.29 is 0 Å². The van der Waals surface area contributed by atoms with Gasteiger partial charge in [-0.2, -0.15) is 0 Å². The van der Waals surface area contributed by atoms with Crippen LogP contribution in [0.1, 0.15) is 35.4 Å². The molecule has 0 saturated carbocycles. The van der Waals surface area contributed by atoms with Crippen LogP contribution in [0.5, 0.6) is 0 Å². The highest BCUT2D eigenvalue weighted by molar-refractivity contribution is 14.0. The zero-order valence-corrected chi connectivity index (χ0v) is 18.1. The standard InChI is InChI=1S/C20H25ClN4.HI/c1-22-20(23-12-11-15-9-10-19(21)24-13-15)25-14-17-7-4-6-16-5-2-3-8-18(16)17;/h2-3,5,8-10,13,17H,4,6-7,11-12,14H2,1H3,(H2,22,23,25);1H. The van der Waals surface area contributed by atoms with Crippen LogP contribution < -0.4 is 10.6 Å². The molecule has 2 N–H and O–H groups in total. The Balaban J connectivity index is 0.00000243. The number of benzene rings is 1. The van der Waals surface area contributed by atoms with E-state index in [1.54, 1.807) is 0 Å². The molecule has 0 radical (unpaired) electrons. The Hall–Kier alpha value is -1.34. The zero-order chi connectivity index (χ0) is 17.5. The van der Waals surface area contributed by atoms with Crippen molar-refractivity contribution in [3.05, 3.63) is 64.4 Å². The van der Waals surface area contributed by atoms with Gasteiger partial charge in [0.05, 0.1) is 0 Å². The summed E-state index contributed by atoms with van der Waals surface area (Å²) in [5.74, 6) is 1.41. The van der Waals surface area contributed by atoms with Crippen LogP contribution in [-0.4, -0.2) is 31.1 Å². The number of aryl methyl sites for hydroxylation is 1. The number of aliphatic imine (C=N–C) groups is 1. The SMILES string of the molecule is CN=C(NCCc1ccc(Cl)nc1)NCC1CCCc2ccccc21.I. The average molecular weight is 485 g/mol. The van der Waals surface area contributed by atoms with Crippen LogP contribution in [0.3, 0.4) is 0 Å². The zero-order valence-electron chi connectivity index (χ0n) is 15.0. The van der Waals surface area contributed by atoms with Crippen LogP contribution in [0.15, 0.2) is 47.6 Å².